The van der Waals surface area contributed by atoms with Gasteiger partial charge in [0.25, 0.3) is 0 Å². The molecule has 0 unspecified atom stereocenters. The lowest BCUT2D eigenvalue weighted by molar-refractivity contribution is -0.0427. The SMILES string of the molecule is CN(C(=O)OCC1c2ccccc2-c2ccccc21)C1(CO)CCOCC1. The van der Waals surface area contributed by atoms with E-state index in [9.17, 15) is 9.90 Å². The van der Waals surface area contributed by atoms with Crippen molar-refractivity contribution in [3.05, 3.63) is 59.7 Å². The standard InChI is InChI=1S/C22H25NO4/c1-23(22(15-24)10-12-26-13-11-22)21(25)27-14-20-18-8-4-2-6-16(18)17-7-3-5-9-19(17)20/h2-9,20,24H,10-15H2,1H3. The highest BCUT2D eigenvalue weighted by atomic mass is 16.6. The smallest absolute Gasteiger partial charge is 0.410 e. The minimum absolute atomic E-state index is 0.0366. The topological polar surface area (TPSA) is 59.0 Å². The van der Waals surface area contributed by atoms with Crippen LogP contribution in [0.4, 0.5) is 4.79 Å². The fourth-order valence-corrected chi connectivity index (χ4v) is 4.24. The second-order valence-corrected chi connectivity index (χ2v) is 7.36. The van der Waals surface area contributed by atoms with Crippen molar-refractivity contribution in [2.75, 3.05) is 33.5 Å². The summed E-state index contributed by atoms with van der Waals surface area (Å²) in [6, 6.07) is 16.6. The second-order valence-electron chi connectivity index (χ2n) is 7.36. The fraction of sp³-hybridized carbons (Fsp3) is 0.409. The molecule has 2 aliphatic rings. The van der Waals surface area contributed by atoms with E-state index < -0.39 is 11.6 Å². The first-order valence-corrected chi connectivity index (χ1v) is 9.44. The number of rotatable bonds is 4. The second kappa shape index (κ2) is 7.33. The Hall–Kier alpha value is -2.37. The molecule has 2 aromatic rings. The summed E-state index contributed by atoms with van der Waals surface area (Å²) >= 11 is 0. The Balaban J connectivity index is 1.51. The van der Waals surface area contributed by atoms with Crippen molar-refractivity contribution in [3.8, 4) is 11.1 Å². The van der Waals surface area contributed by atoms with Crippen LogP contribution in [0.3, 0.4) is 0 Å². The minimum atomic E-state index is -0.596. The number of ether oxygens (including phenoxy) is 2. The van der Waals surface area contributed by atoms with Gasteiger partial charge in [0, 0.05) is 26.2 Å². The van der Waals surface area contributed by atoms with Crippen LogP contribution in [-0.4, -0.2) is 55.1 Å². The third kappa shape index (κ3) is 3.11. The summed E-state index contributed by atoms with van der Waals surface area (Å²) in [6.07, 6.45) is 0.835. The number of hydrogen-bond acceptors (Lipinski definition) is 4. The number of likely N-dealkylation sites (N-methyl/N-ethyl adjacent to an activating group) is 1. The molecule has 5 nitrogen and oxygen atoms in total. The molecule has 0 radical (unpaired) electrons. The Labute approximate surface area is 159 Å². The summed E-state index contributed by atoms with van der Waals surface area (Å²) in [5.74, 6) is 0.0366. The number of benzene rings is 2. The maximum Gasteiger partial charge on any atom is 0.410 e. The molecule has 27 heavy (non-hydrogen) atoms. The average Bonchev–Trinajstić information content (AvgIpc) is 3.06. The normalized spacial score (nSPS) is 17.9. The van der Waals surface area contributed by atoms with E-state index in [4.69, 9.17) is 9.47 Å². The highest BCUT2D eigenvalue weighted by Gasteiger charge is 2.40. The van der Waals surface area contributed by atoms with Crippen molar-refractivity contribution >= 4 is 6.09 Å². The summed E-state index contributed by atoms with van der Waals surface area (Å²) in [4.78, 5) is 14.3. The van der Waals surface area contributed by atoms with Gasteiger partial charge in [0.2, 0.25) is 0 Å². The van der Waals surface area contributed by atoms with Gasteiger partial charge in [-0.05, 0) is 35.1 Å². The molecular weight excluding hydrogens is 342 g/mol. The first-order chi connectivity index (χ1) is 13.2. The molecule has 0 saturated carbocycles. The number of aliphatic hydroxyl groups is 1. The van der Waals surface area contributed by atoms with E-state index in [1.54, 1.807) is 11.9 Å². The van der Waals surface area contributed by atoms with Gasteiger partial charge in [0.1, 0.15) is 6.61 Å². The van der Waals surface area contributed by atoms with Crippen LogP contribution in [0.25, 0.3) is 11.1 Å². The number of fused-ring (bicyclic) bond motifs is 3. The Morgan fingerprint density at radius 2 is 1.67 bits per heavy atom. The molecule has 1 amide bonds. The van der Waals surface area contributed by atoms with E-state index in [0.717, 1.165) is 0 Å². The van der Waals surface area contributed by atoms with Gasteiger partial charge in [-0.3, -0.25) is 0 Å². The van der Waals surface area contributed by atoms with Crippen molar-refractivity contribution in [1.29, 1.82) is 0 Å². The van der Waals surface area contributed by atoms with Crippen molar-refractivity contribution in [2.24, 2.45) is 0 Å². The van der Waals surface area contributed by atoms with Gasteiger partial charge < -0.3 is 19.5 Å². The molecule has 4 rings (SSSR count). The monoisotopic (exact) mass is 367 g/mol. The summed E-state index contributed by atoms with van der Waals surface area (Å²) in [7, 11) is 1.71. The van der Waals surface area contributed by atoms with Crippen molar-refractivity contribution < 1.29 is 19.4 Å². The van der Waals surface area contributed by atoms with Gasteiger partial charge in [0.05, 0.1) is 12.1 Å². The predicted molar refractivity (Wildman–Crippen MR) is 103 cm³/mol. The molecule has 5 heteroatoms. The Kier molecular flexibility index (Phi) is 4.89. The summed E-state index contributed by atoms with van der Waals surface area (Å²) in [5, 5.41) is 9.90. The van der Waals surface area contributed by atoms with Crippen LogP contribution < -0.4 is 0 Å². The van der Waals surface area contributed by atoms with E-state index in [1.807, 2.05) is 24.3 Å². The summed E-state index contributed by atoms with van der Waals surface area (Å²) < 4.78 is 11.1. The van der Waals surface area contributed by atoms with Gasteiger partial charge in [-0.1, -0.05) is 48.5 Å². The van der Waals surface area contributed by atoms with E-state index >= 15 is 0 Å². The summed E-state index contributed by atoms with van der Waals surface area (Å²) in [5.41, 5.74) is 4.20. The average molecular weight is 367 g/mol. The molecule has 1 heterocycles. The molecule has 1 aliphatic heterocycles. The molecular formula is C22H25NO4. The number of nitrogens with zero attached hydrogens (tertiary/aromatic N) is 1. The number of hydrogen-bond donors (Lipinski definition) is 1. The van der Waals surface area contributed by atoms with Crippen LogP contribution >= 0.6 is 0 Å². The molecule has 0 atom stereocenters. The van der Waals surface area contributed by atoms with Crippen LogP contribution in [-0.2, 0) is 9.47 Å². The van der Waals surface area contributed by atoms with E-state index in [0.29, 0.717) is 26.1 Å². The van der Waals surface area contributed by atoms with Crippen LogP contribution in [0, 0.1) is 0 Å². The highest BCUT2D eigenvalue weighted by Crippen LogP contribution is 2.44. The molecule has 0 spiro atoms. The molecule has 1 saturated heterocycles. The van der Waals surface area contributed by atoms with E-state index in [-0.39, 0.29) is 19.1 Å². The van der Waals surface area contributed by atoms with Gasteiger partial charge in [-0.15, -0.1) is 0 Å². The maximum absolute atomic E-state index is 12.7. The van der Waals surface area contributed by atoms with Gasteiger partial charge in [0.15, 0.2) is 0 Å². The highest BCUT2D eigenvalue weighted by molar-refractivity contribution is 5.79. The predicted octanol–water partition coefficient (Wildman–Crippen LogP) is 3.41. The minimum Gasteiger partial charge on any atom is -0.448 e. The number of amides is 1. The largest absolute Gasteiger partial charge is 0.448 e. The van der Waals surface area contributed by atoms with E-state index in [1.165, 1.54) is 22.3 Å². The van der Waals surface area contributed by atoms with Crippen molar-refractivity contribution in [2.45, 2.75) is 24.3 Å². The van der Waals surface area contributed by atoms with Crippen molar-refractivity contribution in [3.63, 3.8) is 0 Å². The summed E-state index contributed by atoms with van der Waals surface area (Å²) in [6.45, 7) is 1.29. The van der Waals surface area contributed by atoms with Crippen LogP contribution in [0.15, 0.2) is 48.5 Å². The lowest BCUT2D eigenvalue weighted by Gasteiger charge is -2.42. The van der Waals surface area contributed by atoms with E-state index in [2.05, 4.69) is 24.3 Å². The quantitative estimate of drug-likeness (QED) is 0.900. The number of carbonyl (C=O) groups is 1. The van der Waals surface area contributed by atoms with Gasteiger partial charge in [-0.2, -0.15) is 0 Å². The zero-order chi connectivity index (χ0) is 18.9. The Morgan fingerprint density at radius 3 is 2.22 bits per heavy atom. The molecule has 1 fully saturated rings. The molecule has 142 valence electrons. The maximum atomic E-state index is 12.7. The zero-order valence-corrected chi connectivity index (χ0v) is 15.6. The molecule has 0 bridgehead atoms. The third-order valence-electron chi connectivity index (χ3n) is 6.04. The first kappa shape index (κ1) is 18.0. The first-order valence-electron chi connectivity index (χ1n) is 9.44. The zero-order valence-electron chi connectivity index (χ0n) is 15.6. The Morgan fingerprint density at radius 1 is 1.11 bits per heavy atom. The third-order valence-corrected chi connectivity index (χ3v) is 6.04. The molecule has 0 aromatic heterocycles. The lowest BCUT2D eigenvalue weighted by atomic mass is 9.89. The van der Waals surface area contributed by atoms with Crippen LogP contribution in [0.2, 0.25) is 0 Å². The van der Waals surface area contributed by atoms with Crippen LogP contribution in [0.1, 0.15) is 29.9 Å². The van der Waals surface area contributed by atoms with Crippen LogP contribution in [0.5, 0.6) is 0 Å². The van der Waals surface area contributed by atoms with Gasteiger partial charge >= 0.3 is 6.09 Å². The number of aliphatic hydroxyl groups excluding tert-OH is 1. The molecule has 1 aliphatic carbocycles. The molecule has 1 N–H and O–H groups in total. The lowest BCUT2D eigenvalue weighted by Crippen LogP contribution is -2.55. The van der Waals surface area contributed by atoms with Gasteiger partial charge in [-0.25, -0.2) is 4.79 Å². The van der Waals surface area contributed by atoms with Crippen molar-refractivity contribution in [1.82, 2.24) is 4.90 Å². The molecule has 2 aromatic carbocycles. The Bertz CT molecular complexity index is 783. The fourth-order valence-electron chi connectivity index (χ4n) is 4.24. The number of carbonyl (C=O) groups excluding carboxylic acids is 1.